The molecule has 7 heteroatoms. The van der Waals surface area contributed by atoms with E-state index in [9.17, 15) is 14.9 Å². The zero-order valence-electron chi connectivity index (χ0n) is 10.7. The maximum atomic E-state index is 11.8. The molecular formula is C12H15BrN2O4. The molecule has 1 atom stereocenters. The van der Waals surface area contributed by atoms with Gasteiger partial charge in [-0.3, -0.25) is 14.9 Å². The fourth-order valence-electron chi connectivity index (χ4n) is 1.55. The number of ether oxygens (including phenoxy) is 1. The van der Waals surface area contributed by atoms with E-state index in [1.165, 1.54) is 18.2 Å². The standard InChI is InChI=1S/C12H15BrN2O4/c1-8-5-9(3-4-11(8)15(17)18)12(16)14-6-10(13)7-19-2/h3-5,10H,6-7H2,1-2H3,(H,14,16). The number of carbonyl (C=O) groups excluding carboxylic acids is 1. The van der Waals surface area contributed by atoms with Crippen molar-refractivity contribution in [2.75, 3.05) is 20.3 Å². The molecule has 1 aromatic rings. The highest BCUT2D eigenvalue weighted by molar-refractivity contribution is 9.09. The lowest BCUT2D eigenvalue weighted by Gasteiger charge is -2.10. The number of nitro groups is 1. The second-order valence-corrected chi connectivity index (χ2v) is 5.32. The molecule has 104 valence electrons. The summed E-state index contributed by atoms with van der Waals surface area (Å²) in [6.45, 7) is 2.51. The summed E-state index contributed by atoms with van der Waals surface area (Å²) in [6, 6.07) is 4.29. The molecule has 0 spiro atoms. The van der Waals surface area contributed by atoms with Gasteiger partial charge in [-0.1, -0.05) is 15.9 Å². The van der Waals surface area contributed by atoms with Crippen LogP contribution in [0.3, 0.4) is 0 Å². The third-order valence-corrected chi connectivity index (χ3v) is 3.08. The van der Waals surface area contributed by atoms with Crippen LogP contribution >= 0.6 is 15.9 Å². The number of halogens is 1. The molecule has 6 nitrogen and oxygen atoms in total. The minimum Gasteiger partial charge on any atom is -0.383 e. The van der Waals surface area contributed by atoms with Crippen LogP contribution in [0, 0.1) is 17.0 Å². The number of hydrogen-bond donors (Lipinski definition) is 1. The summed E-state index contributed by atoms with van der Waals surface area (Å²) in [4.78, 5) is 22.1. The van der Waals surface area contributed by atoms with E-state index < -0.39 is 4.92 Å². The minimum atomic E-state index is -0.468. The first kappa shape index (κ1) is 15.6. The molecule has 0 radical (unpaired) electrons. The average Bonchev–Trinajstić information content (AvgIpc) is 2.35. The molecule has 0 fully saturated rings. The molecule has 0 saturated heterocycles. The minimum absolute atomic E-state index is 0.00861. The van der Waals surface area contributed by atoms with E-state index >= 15 is 0 Å². The van der Waals surface area contributed by atoms with Gasteiger partial charge in [0.25, 0.3) is 11.6 Å². The van der Waals surface area contributed by atoms with Crippen molar-refractivity contribution in [2.24, 2.45) is 0 Å². The lowest BCUT2D eigenvalue weighted by Crippen LogP contribution is -2.31. The first-order valence-corrected chi connectivity index (χ1v) is 6.53. The lowest BCUT2D eigenvalue weighted by atomic mass is 10.1. The SMILES string of the molecule is COCC(Br)CNC(=O)c1ccc([N+](=O)[O-])c(C)c1. The first-order chi connectivity index (χ1) is 8.95. The second-order valence-electron chi connectivity index (χ2n) is 4.02. The van der Waals surface area contributed by atoms with Crippen molar-refractivity contribution in [3.63, 3.8) is 0 Å². The predicted molar refractivity (Wildman–Crippen MR) is 74.8 cm³/mol. The Morgan fingerprint density at radius 3 is 2.79 bits per heavy atom. The molecule has 1 aromatic carbocycles. The number of hydrogen-bond acceptors (Lipinski definition) is 4. The molecule has 0 heterocycles. The van der Waals surface area contributed by atoms with Crippen LogP contribution in [0.2, 0.25) is 0 Å². The number of benzene rings is 1. The van der Waals surface area contributed by atoms with Gasteiger partial charge in [0, 0.05) is 30.8 Å². The summed E-state index contributed by atoms with van der Waals surface area (Å²) in [6.07, 6.45) is 0. The van der Waals surface area contributed by atoms with Crippen LogP contribution in [0.1, 0.15) is 15.9 Å². The maximum absolute atomic E-state index is 11.8. The van der Waals surface area contributed by atoms with Crippen molar-refractivity contribution in [1.29, 1.82) is 0 Å². The van der Waals surface area contributed by atoms with Crippen LogP contribution in [-0.4, -0.2) is 35.9 Å². The van der Waals surface area contributed by atoms with Crippen LogP contribution in [-0.2, 0) is 4.74 Å². The first-order valence-electron chi connectivity index (χ1n) is 5.62. The van der Waals surface area contributed by atoms with Crippen LogP contribution in [0.4, 0.5) is 5.69 Å². The summed E-state index contributed by atoms with van der Waals surface area (Å²) in [5, 5.41) is 13.4. The zero-order chi connectivity index (χ0) is 14.4. The van der Waals surface area contributed by atoms with Crippen molar-refractivity contribution in [1.82, 2.24) is 5.32 Å². The van der Waals surface area contributed by atoms with Crippen LogP contribution in [0.25, 0.3) is 0 Å². The van der Waals surface area contributed by atoms with Gasteiger partial charge < -0.3 is 10.1 Å². The molecule has 0 bridgehead atoms. The van der Waals surface area contributed by atoms with Gasteiger partial charge in [-0.05, 0) is 19.1 Å². The third-order valence-electron chi connectivity index (χ3n) is 2.49. The highest BCUT2D eigenvalue weighted by Crippen LogP contribution is 2.18. The second kappa shape index (κ2) is 7.20. The number of nitrogens with zero attached hydrogens (tertiary/aromatic N) is 1. The molecule has 1 unspecified atom stereocenters. The van der Waals surface area contributed by atoms with Gasteiger partial charge >= 0.3 is 0 Å². The summed E-state index contributed by atoms with van der Waals surface area (Å²) in [5.74, 6) is -0.265. The summed E-state index contributed by atoms with van der Waals surface area (Å²) in [5.41, 5.74) is 0.874. The molecule has 0 saturated carbocycles. The van der Waals surface area contributed by atoms with Gasteiger partial charge in [-0.25, -0.2) is 0 Å². The molecular weight excluding hydrogens is 316 g/mol. The van der Waals surface area contributed by atoms with E-state index in [0.29, 0.717) is 24.3 Å². The van der Waals surface area contributed by atoms with Crippen LogP contribution in [0.15, 0.2) is 18.2 Å². The molecule has 1 rings (SSSR count). The van der Waals surface area contributed by atoms with Crippen LogP contribution < -0.4 is 5.32 Å². The highest BCUT2D eigenvalue weighted by Gasteiger charge is 2.14. The highest BCUT2D eigenvalue weighted by atomic mass is 79.9. The van der Waals surface area contributed by atoms with Crippen molar-refractivity contribution in [3.05, 3.63) is 39.4 Å². The number of rotatable bonds is 6. The van der Waals surface area contributed by atoms with Gasteiger partial charge in [0.2, 0.25) is 0 Å². The topological polar surface area (TPSA) is 81.5 Å². The van der Waals surface area contributed by atoms with Crippen molar-refractivity contribution in [3.8, 4) is 0 Å². The number of nitrogens with one attached hydrogen (secondary N) is 1. The molecule has 0 aliphatic carbocycles. The Labute approximate surface area is 119 Å². The third kappa shape index (κ3) is 4.60. The normalized spacial score (nSPS) is 11.9. The number of alkyl halides is 1. The number of aryl methyl sites for hydroxylation is 1. The van der Waals surface area contributed by atoms with E-state index in [2.05, 4.69) is 21.2 Å². The van der Waals surface area contributed by atoms with Crippen LogP contribution in [0.5, 0.6) is 0 Å². The monoisotopic (exact) mass is 330 g/mol. The fraction of sp³-hybridized carbons (Fsp3) is 0.417. The smallest absolute Gasteiger partial charge is 0.272 e. The lowest BCUT2D eigenvalue weighted by molar-refractivity contribution is -0.385. The molecule has 1 N–H and O–H groups in total. The van der Waals surface area contributed by atoms with Crippen molar-refractivity contribution in [2.45, 2.75) is 11.8 Å². The Kier molecular flexibility index (Phi) is 5.91. The molecule has 19 heavy (non-hydrogen) atoms. The molecule has 1 amide bonds. The Morgan fingerprint density at radius 1 is 1.58 bits per heavy atom. The molecule has 0 aliphatic rings. The predicted octanol–water partition coefficient (Wildman–Crippen LogP) is 2.04. The molecule has 0 aliphatic heterocycles. The van der Waals surface area contributed by atoms with E-state index in [-0.39, 0.29) is 16.4 Å². The van der Waals surface area contributed by atoms with E-state index in [4.69, 9.17) is 4.74 Å². The summed E-state index contributed by atoms with van der Waals surface area (Å²) in [7, 11) is 1.58. The van der Waals surface area contributed by atoms with Crippen molar-refractivity contribution >= 4 is 27.5 Å². The Hall–Kier alpha value is -1.47. The van der Waals surface area contributed by atoms with E-state index in [0.717, 1.165) is 0 Å². The zero-order valence-corrected chi connectivity index (χ0v) is 12.3. The van der Waals surface area contributed by atoms with E-state index in [1.54, 1.807) is 14.0 Å². The fourth-order valence-corrected chi connectivity index (χ4v) is 1.97. The summed E-state index contributed by atoms with van der Waals surface area (Å²) < 4.78 is 4.93. The Bertz CT molecular complexity index is 479. The largest absolute Gasteiger partial charge is 0.383 e. The molecule has 0 aromatic heterocycles. The maximum Gasteiger partial charge on any atom is 0.272 e. The van der Waals surface area contributed by atoms with Gasteiger partial charge in [0.1, 0.15) is 0 Å². The number of methoxy groups -OCH3 is 1. The summed E-state index contributed by atoms with van der Waals surface area (Å²) >= 11 is 3.36. The number of carbonyl (C=O) groups is 1. The van der Waals surface area contributed by atoms with Gasteiger partial charge in [-0.2, -0.15) is 0 Å². The van der Waals surface area contributed by atoms with Gasteiger partial charge in [0.05, 0.1) is 16.4 Å². The van der Waals surface area contributed by atoms with Gasteiger partial charge in [-0.15, -0.1) is 0 Å². The van der Waals surface area contributed by atoms with Gasteiger partial charge in [0.15, 0.2) is 0 Å². The quantitative estimate of drug-likeness (QED) is 0.491. The number of nitro benzene ring substituents is 1. The number of amides is 1. The van der Waals surface area contributed by atoms with E-state index in [1.807, 2.05) is 0 Å². The Balaban J connectivity index is 2.68. The average molecular weight is 331 g/mol. The Morgan fingerprint density at radius 2 is 2.26 bits per heavy atom. The van der Waals surface area contributed by atoms with Crippen molar-refractivity contribution < 1.29 is 14.5 Å².